The highest BCUT2D eigenvalue weighted by atomic mass is 19.1. The van der Waals surface area contributed by atoms with Gasteiger partial charge in [-0.2, -0.15) is 0 Å². The molecule has 4 heteroatoms. The van der Waals surface area contributed by atoms with E-state index in [2.05, 4.69) is 22.3 Å². The maximum Gasteiger partial charge on any atom is 0.193 e. The van der Waals surface area contributed by atoms with Crippen LogP contribution in [0.25, 0.3) is 0 Å². The first kappa shape index (κ1) is 12.5. The zero-order valence-corrected chi connectivity index (χ0v) is 11.3. The first-order chi connectivity index (χ1) is 9.22. The monoisotopic (exact) mass is 261 g/mol. The largest absolute Gasteiger partial charge is 0.353 e. The van der Waals surface area contributed by atoms with Gasteiger partial charge in [0, 0.05) is 26.2 Å². The van der Waals surface area contributed by atoms with Crippen LogP contribution in [0.5, 0.6) is 0 Å². The Bertz CT molecular complexity index is 463. The molecule has 0 aromatic heterocycles. The van der Waals surface area contributed by atoms with Gasteiger partial charge in [0.05, 0.1) is 0 Å². The molecule has 3 rings (SSSR count). The van der Waals surface area contributed by atoms with Crippen molar-refractivity contribution < 1.29 is 4.39 Å². The third-order valence-electron chi connectivity index (χ3n) is 4.09. The average molecular weight is 261 g/mol. The maximum atomic E-state index is 12.9. The number of halogens is 1. The van der Waals surface area contributed by atoms with Gasteiger partial charge in [0.25, 0.3) is 0 Å². The number of hydrogen-bond acceptors (Lipinski definition) is 3. The van der Waals surface area contributed by atoms with Crippen LogP contribution >= 0.6 is 0 Å². The molecule has 1 aliphatic heterocycles. The highest BCUT2D eigenvalue weighted by Gasteiger charge is 2.31. The van der Waals surface area contributed by atoms with Gasteiger partial charge in [0.2, 0.25) is 0 Å². The van der Waals surface area contributed by atoms with Gasteiger partial charge in [-0.25, -0.2) is 4.39 Å². The van der Waals surface area contributed by atoms with Crippen LogP contribution in [-0.4, -0.2) is 37.0 Å². The zero-order chi connectivity index (χ0) is 13.2. The number of nitrogens with zero attached hydrogens (tertiary/aromatic N) is 2. The summed E-state index contributed by atoms with van der Waals surface area (Å²) in [7, 11) is 2.08. The predicted octanol–water partition coefficient (Wildman–Crippen LogP) is 2.35. The molecule has 1 aromatic carbocycles. The second kappa shape index (κ2) is 5.19. The molecule has 2 aliphatic rings. The van der Waals surface area contributed by atoms with Crippen LogP contribution in [-0.2, 0) is 0 Å². The van der Waals surface area contributed by atoms with E-state index in [1.807, 2.05) is 12.1 Å². The van der Waals surface area contributed by atoms with E-state index in [-0.39, 0.29) is 5.82 Å². The standard InChI is InChI=1S/C15H20FN3/c1-19-8-2-7-17-15(19)18-14-9-12(10-14)11-3-5-13(16)6-4-11/h3-6,12,14H,2,7-10H2,1H3,(H,17,18). The summed E-state index contributed by atoms with van der Waals surface area (Å²) in [6, 6.07) is 7.42. The number of rotatable bonds is 2. The highest BCUT2D eigenvalue weighted by Crippen LogP contribution is 2.36. The minimum Gasteiger partial charge on any atom is -0.353 e. The van der Waals surface area contributed by atoms with Gasteiger partial charge in [-0.05, 0) is 42.9 Å². The topological polar surface area (TPSA) is 27.6 Å². The van der Waals surface area contributed by atoms with Gasteiger partial charge in [0.1, 0.15) is 5.82 Å². The van der Waals surface area contributed by atoms with Crippen molar-refractivity contribution in [1.29, 1.82) is 0 Å². The predicted molar refractivity (Wildman–Crippen MR) is 74.8 cm³/mol. The van der Waals surface area contributed by atoms with Crippen LogP contribution in [0.1, 0.15) is 30.7 Å². The minimum atomic E-state index is -0.157. The van der Waals surface area contributed by atoms with Gasteiger partial charge < -0.3 is 10.2 Å². The number of aliphatic imine (C=N–C) groups is 1. The Balaban J connectivity index is 1.53. The molecule has 0 atom stereocenters. The van der Waals surface area contributed by atoms with Gasteiger partial charge in [-0.3, -0.25) is 4.99 Å². The molecule has 1 heterocycles. The second-order valence-corrected chi connectivity index (χ2v) is 5.54. The molecule has 0 spiro atoms. The van der Waals surface area contributed by atoms with Gasteiger partial charge >= 0.3 is 0 Å². The van der Waals surface area contributed by atoms with Crippen molar-refractivity contribution in [2.45, 2.75) is 31.2 Å². The summed E-state index contributed by atoms with van der Waals surface area (Å²) >= 11 is 0. The summed E-state index contributed by atoms with van der Waals surface area (Å²) in [4.78, 5) is 6.71. The fraction of sp³-hybridized carbons (Fsp3) is 0.533. The van der Waals surface area contributed by atoms with E-state index < -0.39 is 0 Å². The summed E-state index contributed by atoms with van der Waals surface area (Å²) < 4.78 is 12.9. The van der Waals surface area contributed by atoms with Crippen molar-refractivity contribution in [1.82, 2.24) is 10.2 Å². The molecular weight excluding hydrogens is 241 g/mol. The molecule has 0 radical (unpaired) electrons. The Hall–Kier alpha value is -1.58. The van der Waals surface area contributed by atoms with Crippen molar-refractivity contribution >= 4 is 5.96 Å². The molecule has 0 saturated heterocycles. The van der Waals surface area contributed by atoms with E-state index in [1.165, 1.54) is 5.56 Å². The van der Waals surface area contributed by atoms with Crippen molar-refractivity contribution in [2.75, 3.05) is 20.1 Å². The summed E-state index contributed by atoms with van der Waals surface area (Å²) in [5, 5.41) is 3.52. The Kier molecular flexibility index (Phi) is 3.40. The van der Waals surface area contributed by atoms with E-state index >= 15 is 0 Å². The van der Waals surface area contributed by atoms with Crippen LogP contribution in [0, 0.1) is 5.82 Å². The van der Waals surface area contributed by atoms with Crippen molar-refractivity contribution in [3.63, 3.8) is 0 Å². The molecule has 3 nitrogen and oxygen atoms in total. The molecule has 102 valence electrons. The van der Waals surface area contributed by atoms with Crippen molar-refractivity contribution in [2.24, 2.45) is 4.99 Å². The lowest BCUT2D eigenvalue weighted by atomic mass is 9.76. The quantitative estimate of drug-likeness (QED) is 0.885. The Morgan fingerprint density at radius 3 is 2.68 bits per heavy atom. The molecule has 0 amide bonds. The molecule has 1 fully saturated rings. The molecule has 1 aliphatic carbocycles. The fourth-order valence-corrected chi connectivity index (χ4v) is 2.80. The van der Waals surface area contributed by atoms with Crippen LogP contribution in [0.4, 0.5) is 4.39 Å². The van der Waals surface area contributed by atoms with E-state index in [9.17, 15) is 4.39 Å². The van der Waals surface area contributed by atoms with Gasteiger partial charge in [0.15, 0.2) is 5.96 Å². The van der Waals surface area contributed by atoms with E-state index in [0.717, 1.165) is 38.3 Å². The zero-order valence-electron chi connectivity index (χ0n) is 11.3. The van der Waals surface area contributed by atoms with Crippen LogP contribution < -0.4 is 5.32 Å². The smallest absolute Gasteiger partial charge is 0.193 e. The number of guanidine groups is 1. The fourth-order valence-electron chi connectivity index (χ4n) is 2.80. The third kappa shape index (κ3) is 2.72. The summed E-state index contributed by atoms with van der Waals surface area (Å²) in [6.45, 7) is 2.01. The maximum absolute atomic E-state index is 12.9. The first-order valence-corrected chi connectivity index (χ1v) is 7.00. The minimum absolute atomic E-state index is 0.157. The molecular formula is C15H20FN3. The highest BCUT2D eigenvalue weighted by molar-refractivity contribution is 5.80. The molecule has 19 heavy (non-hydrogen) atoms. The van der Waals surface area contributed by atoms with Crippen LogP contribution in [0.2, 0.25) is 0 Å². The molecule has 1 N–H and O–H groups in total. The molecule has 1 aromatic rings. The van der Waals surface area contributed by atoms with Crippen LogP contribution in [0.3, 0.4) is 0 Å². The second-order valence-electron chi connectivity index (χ2n) is 5.54. The van der Waals surface area contributed by atoms with E-state index in [1.54, 1.807) is 12.1 Å². The van der Waals surface area contributed by atoms with Gasteiger partial charge in [-0.15, -0.1) is 0 Å². The Morgan fingerprint density at radius 2 is 2.00 bits per heavy atom. The van der Waals surface area contributed by atoms with Crippen molar-refractivity contribution in [3.05, 3.63) is 35.6 Å². The normalized spacial score (nSPS) is 26.6. The molecule has 0 unspecified atom stereocenters. The summed E-state index contributed by atoms with van der Waals surface area (Å²) in [6.07, 6.45) is 3.36. The Morgan fingerprint density at radius 1 is 1.26 bits per heavy atom. The summed E-state index contributed by atoms with van der Waals surface area (Å²) in [5.74, 6) is 1.44. The summed E-state index contributed by atoms with van der Waals surface area (Å²) in [5.41, 5.74) is 1.25. The SMILES string of the molecule is CN1CCCN=C1NC1CC(c2ccc(F)cc2)C1. The lowest BCUT2D eigenvalue weighted by molar-refractivity contribution is 0.308. The first-order valence-electron chi connectivity index (χ1n) is 7.00. The molecule has 1 saturated carbocycles. The number of benzene rings is 1. The lowest BCUT2D eigenvalue weighted by Gasteiger charge is -2.39. The average Bonchev–Trinajstić information content (AvgIpc) is 2.37. The van der Waals surface area contributed by atoms with Gasteiger partial charge in [-0.1, -0.05) is 12.1 Å². The Labute approximate surface area is 113 Å². The van der Waals surface area contributed by atoms with Crippen LogP contribution in [0.15, 0.2) is 29.3 Å². The number of hydrogen-bond donors (Lipinski definition) is 1. The lowest BCUT2D eigenvalue weighted by Crippen LogP contribution is -2.50. The van der Waals surface area contributed by atoms with E-state index in [4.69, 9.17) is 0 Å². The van der Waals surface area contributed by atoms with Crippen molar-refractivity contribution in [3.8, 4) is 0 Å². The molecule has 0 bridgehead atoms. The van der Waals surface area contributed by atoms with E-state index in [0.29, 0.717) is 12.0 Å². The number of nitrogens with one attached hydrogen (secondary N) is 1. The third-order valence-corrected chi connectivity index (χ3v) is 4.09.